The molecule has 7 nitrogen and oxygen atoms in total. The Hall–Kier alpha value is -1.79. The monoisotopic (exact) mass is 330 g/mol. The lowest BCUT2D eigenvalue weighted by atomic mass is 10.2. The van der Waals surface area contributed by atoms with Gasteiger partial charge in [0.15, 0.2) is 0 Å². The number of carbonyl (C=O) groups is 3. The molecule has 0 aliphatic heterocycles. The SMILES string of the molecule is CCCCCNC(=O)[C@@H](CC(=O)OCC)NC(=O)OC(C)(C)C. The largest absolute Gasteiger partial charge is 0.466 e. The van der Waals surface area contributed by atoms with Gasteiger partial charge < -0.3 is 20.1 Å². The Labute approximate surface area is 138 Å². The molecule has 0 saturated carbocycles. The Morgan fingerprint density at radius 1 is 1.09 bits per heavy atom. The molecule has 23 heavy (non-hydrogen) atoms. The molecule has 134 valence electrons. The summed E-state index contributed by atoms with van der Waals surface area (Å²) in [6.07, 6.45) is 1.92. The van der Waals surface area contributed by atoms with Crippen molar-refractivity contribution in [2.45, 2.75) is 71.9 Å². The van der Waals surface area contributed by atoms with Crippen LogP contribution in [0, 0.1) is 0 Å². The van der Waals surface area contributed by atoms with E-state index in [1.165, 1.54) is 0 Å². The first kappa shape index (κ1) is 21.2. The molecule has 0 unspecified atom stereocenters. The number of hydrogen-bond donors (Lipinski definition) is 2. The lowest BCUT2D eigenvalue weighted by Crippen LogP contribution is -2.49. The average molecular weight is 330 g/mol. The van der Waals surface area contributed by atoms with Gasteiger partial charge in [-0.25, -0.2) is 4.79 Å². The van der Waals surface area contributed by atoms with Crippen LogP contribution in [0.3, 0.4) is 0 Å². The second-order valence-corrected chi connectivity index (χ2v) is 6.21. The van der Waals surface area contributed by atoms with Crippen LogP contribution in [-0.4, -0.2) is 42.8 Å². The van der Waals surface area contributed by atoms with Crippen LogP contribution < -0.4 is 10.6 Å². The van der Waals surface area contributed by atoms with Gasteiger partial charge in [0.25, 0.3) is 0 Å². The molecule has 0 aromatic rings. The summed E-state index contributed by atoms with van der Waals surface area (Å²) in [6.45, 7) is 9.62. The Morgan fingerprint density at radius 2 is 1.74 bits per heavy atom. The minimum atomic E-state index is -1.01. The third-order valence-electron chi connectivity index (χ3n) is 2.76. The van der Waals surface area contributed by atoms with Crippen molar-refractivity contribution in [1.29, 1.82) is 0 Å². The molecule has 2 amide bonds. The Morgan fingerprint density at radius 3 is 2.26 bits per heavy atom. The van der Waals surface area contributed by atoms with Gasteiger partial charge in [0, 0.05) is 6.54 Å². The lowest BCUT2D eigenvalue weighted by Gasteiger charge is -2.23. The third kappa shape index (κ3) is 11.4. The minimum Gasteiger partial charge on any atom is -0.466 e. The molecule has 0 aliphatic rings. The maximum Gasteiger partial charge on any atom is 0.408 e. The highest BCUT2D eigenvalue weighted by Crippen LogP contribution is 2.07. The number of esters is 1. The predicted molar refractivity (Wildman–Crippen MR) is 86.9 cm³/mol. The molecule has 0 fully saturated rings. The van der Waals surface area contributed by atoms with E-state index in [0.717, 1.165) is 19.3 Å². The van der Waals surface area contributed by atoms with E-state index in [-0.39, 0.29) is 13.0 Å². The molecular formula is C16H30N2O5. The first-order chi connectivity index (χ1) is 10.7. The van der Waals surface area contributed by atoms with Crippen LogP contribution in [0.2, 0.25) is 0 Å². The van der Waals surface area contributed by atoms with Gasteiger partial charge in [-0.05, 0) is 34.1 Å². The van der Waals surface area contributed by atoms with Gasteiger partial charge in [-0.15, -0.1) is 0 Å². The van der Waals surface area contributed by atoms with E-state index in [9.17, 15) is 14.4 Å². The van der Waals surface area contributed by atoms with E-state index in [2.05, 4.69) is 17.6 Å². The molecule has 0 aliphatic carbocycles. The van der Waals surface area contributed by atoms with Crippen LogP contribution in [0.5, 0.6) is 0 Å². The zero-order chi connectivity index (χ0) is 17.9. The van der Waals surface area contributed by atoms with Crippen LogP contribution in [-0.2, 0) is 19.1 Å². The van der Waals surface area contributed by atoms with Crippen molar-refractivity contribution < 1.29 is 23.9 Å². The van der Waals surface area contributed by atoms with Gasteiger partial charge in [-0.1, -0.05) is 19.8 Å². The van der Waals surface area contributed by atoms with Crippen molar-refractivity contribution in [3.63, 3.8) is 0 Å². The zero-order valence-electron chi connectivity index (χ0n) is 14.9. The number of nitrogens with one attached hydrogen (secondary N) is 2. The molecule has 7 heteroatoms. The summed E-state index contributed by atoms with van der Waals surface area (Å²) in [5.74, 6) is -0.961. The average Bonchev–Trinajstić information content (AvgIpc) is 2.40. The number of amides is 2. The van der Waals surface area contributed by atoms with Gasteiger partial charge in [0.05, 0.1) is 13.0 Å². The molecule has 0 heterocycles. The van der Waals surface area contributed by atoms with Crippen LogP contribution >= 0.6 is 0 Å². The highest BCUT2D eigenvalue weighted by Gasteiger charge is 2.26. The predicted octanol–water partition coefficient (Wildman–Crippen LogP) is 2.14. The summed E-state index contributed by atoms with van der Waals surface area (Å²) in [5.41, 5.74) is -0.684. The number of alkyl carbamates (subject to hydrolysis) is 1. The first-order valence-electron chi connectivity index (χ1n) is 8.12. The quantitative estimate of drug-likeness (QED) is 0.499. The molecule has 0 radical (unpaired) electrons. The number of unbranched alkanes of at least 4 members (excludes halogenated alkanes) is 2. The summed E-state index contributed by atoms with van der Waals surface area (Å²) < 4.78 is 9.96. The Balaban J connectivity index is 4.63. The molecule has 0 aromatic heterocycles. The highest BCUT2D eigenvalue weighted by molar-refractivity contribution is 5.89. The Kier molecular flexibility index (Phi) is 10.0. The smallest absolute Gasteiger partial charge is 0.408 e. The van der Waals surface area contributed by atoms with Gasteiger partial charge >= 0.3 is 12.1 Å². The fourth-order valence-corrected chi connectivity index (χ4v) is 1.76. The van der Waals surface area contributed by atoms with Crippen molar-refractivity contribution in [2.24, 2.45) is 0 Å². The summed E-state index contributed by atoms with van der Waals surface area (Å²) in [6, 6.07) is -1.01. The van der Waals surface area contributed by atoms with Crippen LogP contribution in [0.25, 0.3) is 0 Å². The molecule has 0 bridgehead atoms. The minimum absolute atomic E-state index is 0.218. The van der Waals surface area contributed by atoms with Crippen molar-refractivity contribution >= 4 is 18.0 Å². The molecule has 2 N–H and O–H groups in total. The first-order valence-corrected chi connectivity index (χ1v) is 8.12. The van der Waals surface area contributed by atoms with E-state index in [1.807, 2.05) is 0 Å². The van der Waals surface area contributed by atoms with E-state index >= 15 is 0 Å². The van der Waals surface area contributed by atoms with Crippen LogP contribution in [0.15, 0.2) is 0 Å². The maximum atomic E-state index is 12.2. The molecule has 0 spiro atoms. The third-order valence-corrected chi connectivity index (χ3v) is 2.76. The van der Waals surface area contributed by atoms with Gasteiger partial charge in [-0.2, -0.15) is 0 Å². The van der Waals surface area contributed by atoms with E-state index < -0.39 is 29.6 Å². The Bertz CT molecular complexity index is 390. The molecular weight excluding hydrogens is 300 g/mol. The topological polar surface area (TPSA) is 93.7 Å². The number of carbonyl (C=O) groups excluding carboxylic acids is 3. The zero-order valence-corrected chi connectivity index (χ0v) is 14.9. The summed E-state index contributed by atoms with van der Waals surface area (Å²) in [5, 5.41) is 5.15. The van der Waals surface area contributed by atoms with E-state index in [0.29, 0.717) is 6.54 Å². The second kappa shape index (κ2) is 10.9. The van der Waals surface area contributed by atoms with Crippen LogP contribution in [0.1, 0.15) is 60.3 Å². The lowest BCUT2D eigenvalue weighted by molar-refractivity contribution is -0.145. The highest BCUT2D eigenvalue weighted by atomic mass is 16.6. The number of hydrogen-bond acceptors (Lipinski definition) is 5. The second-order valence-electron chi connectivity index (χ2n) is 6.21. The van der Waals surface area contributed by atoms with Crippen molar-refractivity contribution in [1.82, 2.24) is 10.6 Å². The standard InChI is InChI=1S/C16H30N2O5/c1-6-8-9-10-17-14(20)12(11-13(19)22-7-2)18-15(21)23-16(3,4)5/h12H,6-11H2,1-5H3,(H,17,20)(H,18,21)/t12-/m1/s1. The fraction of sp³-hybridized carbons (Fsp3) is 0.812. The van der Waals surface area contributed by atoms with Crippen molar-refractivity contribution in [2.75, 3.05) is 13.2 Å². The van der Waals surface area contributed by atoms with Crippen molar-refractivity contribution in [3.05, 3.63) is 0 Å². The maximum absolute atomic E-state index is 12.2. The van der Waals surface area contributed by atoms with Crippen LogP contribution in [0.4, 0.5) is 4.79 Å². The van der Waals surface area contributed by atoms with E-state index in [1.54, 1.807) is 27.7 Å². The molecule has 0 rings (SSSR count). The molecule has 0 aromatic carbocycles. The van der Waals surface area contributed by atoms with Gasteiger partial charge in [0.1, 0.15) is 11.6 Å². The summed E-state index contributed by atoms with van der Waals surface area (Å²) in [4.78, 5) is 35.6. The summed E-state index contributed by atoms with van der Waals surface area (Å²) in [7, 11) is 0. The van der Waals surface area contributed by atoms with Gasteiger partial charge in [-0.3, -0.25) is 9.59 Å². The van der Waals surface area contributed by atoms with Gasteiger partial charge in [0.2, 0.25) is 5.91 Å². The normalized spacial score (nSPS) is 12.2. The fourth-order valence-electron chi connectivity index (χ4n) is 1.76. The summed E-state index contributed by atoms with van der Waals surface area (Å²) >= 11 is 0. The molecule has 0 saturated heterocycles. The number of rotatable bonds is 9. The molecule has 1 atom stereocenters. The van der Waals surface area contributed by atoms with Crippen molar-refractivity contribution in [3.8, 4) is 0 Å². The number of ether oxygens (including phenoxy) is 2. The van der Waals surface area contributed by atoms with E-state index in [4.69, 9.17) is 9.47 Å².